The van der Waals surface area contributed by atoms with E-state index in [4.69, 9.17) is 4.74 Å². The maximum atomic E-state index is 15.4. The molecule has 162 valence electrons. The molecule has 0 bridgehead atoms. The summed E-state index contributed by atoms with van der Waals surface area (Å²) < 4.78 is 67.2. The fourth-order valence-electron chi connectivity index (χ4n) is 3.07. The molecule has 3 rings (SSSR count). The van der Waals surface area contributed by atoms with Crippen LogP contribution in [0.3, 0.4) is 0 Å². The standard InChI is InChI=1S/C23H26F3NO2S/c1-16(27-30(28)21(2,3)4)18-11-8-12-19(20(18)24)23(25,26)22(13-14-22)29-15-17-9-6-5-7-10-17/h5-12H,13-15H2,1-4H3/b27-16-. The Bertz CT molecular complexity index is 922. The number of alkyl halides is 2. The zero-order chi connectivity index (χ0) is 22.2. The molecule has 3 nitrogen and oxygen atoms in total. The molecule has 0 aliphatic heterocycles. The van der Waals surface area contributed by atoms with E-state index in [1.807, 2.05) is 18.2 Å². The van der Waals surface area contributed by atoms with Crippen molar-refractivity contribution >= 4 is 17.1 Å². The van der Waals surface area contributed by atoms with Crippen LogP contribution in [0.15, 0.2) is 52.9 Å². The van der Waals surface area contributed by atoms with Gasteiger partial charge in [0.2, 0.25) is 0 Å². The summed E-state index contributed by atoms with van der Waals surface area (Å²) in [5.74, 6) is -4.56. The molecule has 30 heavy (non-hydrogen) atoms. The summed E-state index contributed by atoms with van der Waals surface area (Å²) in [7, 11) is 0. The second-order valence-electron chi connectivity index (χ2n) is 8.55. The van der Waals surface area contributed by atoms with Gasteiger partial charge in [-0.25, -0.2) is 4.39 Å². The lowest BCUT2D eigenvalue weighted by molar-refractivity contribution is -0.169. The van der Waals surface area contributed by atoms with Gasteiger partial charge in [-0.3, -0.25) is 0 Å². The Kier molecular flexibility index (Phi) is 6.37. The molecule has 0 aromatic heterocycles. The van der Waals surface area contributed by atoms with Crippen LogP contribution in [0.5, 0.6) is 0 Å². The van der Waals surface area contributed by atoms with Crippen molar-refractivity contribution in [2.45, 2.75) is 63.4 Å². The Hall–Kier alpha value is -1.83. The molecule has 1 fully saturated rings. The molecule has 0 radical (unpaired) electrons. The lowest BCUT2D eigenvalue weighted by atomic mass is 9.97. The molecule has 0 saturated heterocycles. The molecule has 1 aliphatic carbocycles. The molecule has 0 amide bonds. The summed E-state index contributed by atoms with van der Waals surface area (Å²) in [6.07, 6.45) is 0.301. The van der Waals surface area contributed by atoms with E-state index in [-0.39, 0.29) is 30.7 Å². The van der Waals surface area contributed by atoms with Gasteiger partial charge in [0.05, 0.1) is 17.9 Å². The van der Waals surface area contributed by atoms with Crippen LogP contribution in [0.25, 0.3) is 0 Å². The minimum atomic E-state index is -3.51. The van der Waals surface area contributed by atoms with Crippen LogP contribution in [0.4, 0.5) is 13.2 Å². The number of rotatable bonds is 7. The van der Waals surface area contributed by atoms with Gasteiger partial charge >= 0.3 is 5.92 Å². The van der Waals surface area contributed by atoms with E-state index in [0.29, 0.717) is 0 Å². The zero-order valence-electron chi connectivity index (χ0n) is 17.5. The highest BCUT2D eigenvalue weighted by Crippen LogP contribution is 2.57. The predicted molar refractivity (Wildman–Crippen MR) is 114 cm³/mol. The fraction of sp³-hybridized carbons (Fsp3) is 0.435. The molecule has 2 aromatic rings. The van der Waals surface area contributed by atoms with Crippen LogP contribution in [-0.2, 0) is 28.6 Å². The van der Waals surface area contributed by atoms with Crippen LogP contribution in [0, 0.1) is 5.82 Å². The largest absolute Gasteiger partial charge is 0.591 e. The Labute approximate surface area is 178 Å². The van der Waals surface area contributed by atoms with Crippen LogP contribution >= 0.6 is 0 Å². The van der Waals surface area contributed by atoms with Crippen molar-refractivity contribution in [1.29, 1.82) is 0 Å². The van der Waals surface area contributed by atoms with Crippen molar-refractivity contribution in [1.82, 2.24) is 0 Å². The summed E-state index contributed by atoms with van der Waals surface area (Å²) in [6.45, 7) is 6.72. The molecular weight excluding hydrogens is 411 g/mol. The Balaban J connectivity index is 1.88. The normalized spacial score (nSPS) is 17.7. The van der Waals surface area contributed by atoms with Gasteiger partial charge in [0.1, 0.15) is 27.5 Å². The van der Waals surface area contributed by atoms with Crippen LogP contribution < -0.4 is 0 Å². The first-order chi connectivity index (χ1) is 14.0. The van der Waals surface area contributed by atoms with E-state index in [2.05, 4.69) is 4.40 Å². The number of halogens is 3. The minimum Gasteiger partial charge on any atom is -0.591 e. The summed E-state index contributed by atoms with van der Waals surface area (Å²) in [5.41, 5.74) is -1.62. The van der Waals surface area contributed by atoms with Gasteiger partial charge in [-0.15, -0.1) is 0 Å². The van der Waals surface area contributed by atoms with E-state index >= 15 is 13.2 Å². The Morgan fingerprint density at radius 3 is 2.30 bits per heavy atom. The third-order valence-electron chi connectivity index (χ3n) is 5.10. The maximum absolute atomic E-state index is 15.4. The van der Waals surface area contributed by atoms with E-state index < -0.39 is 39.0 Å². The maximum Gasteiger partial charge on any atom is 0.304 e. The van der Waals surface area contributed by atoms with Gasteiger partial charge in [-0.2, -0.15) is 8.78 Å². The van der Waals surface area contributed by atoms with Gasteiger partial charge in [-0.05, 0) is 52.2 Å². The summed E-state index contributed by atoms with van der Waals surface area (Å²) in [6, 6.07) is 12.9. The molecule has 0 N–H and O–H groups in total. The summed E-state index contributed by atoms with van der Waals surface area (Å²) in [4.78, 5) is 0. The van der Waals surface area contributed by atoms with E-state index in [9.17, 15) is 4.55 Å². The predicted octanol–water partition coefficient (Wildman–Crippen LogP) is 5.94. The first-order valence-corrected chi connectivity index (χ1v) is 10.9. The highest BCUT2D eigenvalue weighted by molar-refractivity contribution is 7.91. The average molecular weight is 438 g/mol. The molecule has 7 heteroatoms. The molecule has 2 aromatic carbocycles. The SMILES string of the molecule is C/C(=N/[S+]([O-])C(C)(C)C)c1cccc(C(F)(F)C2(OCc3ccccc3)CC2)c1F. The smallest absolute Gasteiger partial charge is 0.304 e. The van der Waals surface area contributed by atoms with Crippen LogP contribution in [0.1, 0.15) is 57.2 Å². The Morgan fingerprint density at radius 2 is 1.73 bits per heavy atom. The second-order valence-corrected chi connectivity index (χ2v) is 10.5. The Morgan fingerprint density at radius 1 is 1.10 bits per heavy atom. The molecule has 0 heterocycles. The van der Waals surface area contributed by atoms with Gasteiger partial charge in [0.15, 0.2) is 0 Å². The van der Waals surface area contributed by atoms with Crippen molar-refractivity contribution in [2.75, 3.05) is 0 Å². The number of hydrogen-bond acceptors (Lipinski definition) is 3. The molecular formula is C23H26F3NO2S. The highest BCUT2D eigenvalue weighted by atomic mass is 32.2. The van der Waals surface area contributed by atoms with Crippen molar-refractivity contribution in [3.8, 4) is 0 Å². The average Bonchev–Trinajstić information content (AvgIpc) is 3.48. The third-order valence-corrected chi connectivity index (χ3v) is 6.59. The molecule has 1 unspecified atom stereocenters. The number of ether oxygens (including phenoxy) is 1. The highest BCUT2D eigenvalue weighted by Gasteiger charge is 2.65. The summed E-state index contributed by atoms with van der Waals surface area (Å²) in [5, 5.41) is 0. The quantitative estimate of drug-likeness (QED) is 0.398. The topological polar surface area (TPSA) is 44.7 Å². The molecule has 0 spiro atoms. The molecule has 1 saturated carbocycles. The minimum absolute atomic E-state index is 0.0305. The third kappa shape index (κ3) is 4.58. The first kappa shape index (κ1) is 22.8. The van der Waals surface area contributed by atoms with Gasteiger partial charge < -0.3 is 9.29 Å². The van der Waals surface area contributed by atoms with E-state index in [0.717, 1.165) is 11.6 Å². The first-order valence-electron chi connectivity index (χ1n) is 9.80. The molecule has 1 atom stereocenters. The van der Waals surface area contributed by atoms with Gasteiger partial charge in [0, 0.05) is 5.56 Å². The van der Waals surface area contributed by atoms with E-state index in [1.165, 1.54) is 19.1 Å². The summed E-state index contributed by atoms with van der Waals surface area (Å²) >= 11 is -1.62. The molecule has 1 aliphatic rings. The van der Waals surface area contributed by atoms with Crippen molar-refractivity contribution in [3.05, 3.63) is 71.0 Å². The lowest BCUT2D eigenvalue weighted by Gasteiger charge is -2.28. The zero-order valence-corrected chi connectivity index (χ0v) is 18.4. The van der Waals surface area contributed by atoms with Crippen molar-refractivity contribution in [3.63, 3.8) is 0 Å². The van der Waals surface area contributed by atoms with Crippen molar-refractivity contribution in [2.24, 2.45) is 4.40 Å². The van der Waals surface area contributed by atoms with Crippen LogP contribution in [-0.4, -0.2) is 20.6 Å². The fourth-order valence-corrected chi connectivity index (χ4v) is 3.69. The van der Waals surface area contributed by atoms with E-state index in [1.54, 1.807) is 32.9 Å². The van der Waals surface area contributed by atoms with Gasteiger partial charge in [-0.1, -0.05) is 46.9 Å². The van der Waals surface area contributed by atoms with Crippen LogP contribution in [0.2, 0.25) is 0 Å². The second kappa shape index (κ2) is 8.36. The lowest BCUT2D eigenvalue weighted by Crippen LogP contribution is -2.37. The number of hydrogen-bond donors (Lipinski definition) is 0. The monoisotopic (exact) mass is 437 g/mol. The number of nitrogens with zero attached hydrogens (tertiary/aromatic N) is 1. The van der Waals surface area contributed by atoms with Gasteiger partial charge in [0.25, 0.3) is 0 Å². The van der Waals surface area contributed by atoms with Crippen molar-refractivity contribution < 1.29 is 22.5 Å². The number of benzene rings is 2.